The van der Waals surface area contributed by atoms with Crippen LogP contribution in [0.15, 0.2) is 0 Å². The molecule has 0 saturated heterocycles. The fourth-order valence-electron chi connectivity index (χ4n) is 2.15. The van der Waals surface area contributed by atoms with Crippen molar-refractivity contribution in [1.82, 2.24) is 0 Å². The van der Waals surface area contributed by atoms with Gasteiger partial charge >= 0.3 is 5.97 Å². The molecular weight excluding hydrogens is 188 g/mol. The molecule has 1 unspecified atom stereocenters. The van der Waals surface area contributed by atoms with Crippen LogP contribution < -0.4 is 0 Å². The summed E-state index contributed by atoms with van der Waals surface area (Å²) in [6.07, 6.45) is 3.15. The Bertz CT molecular complexity index is 227. The molecule has 1 rings (SSSR count). The molecule has 2 heteroatoms. The maximum atomic E-state index is 11.8. The maximum Gasteiger partial charge on any atom is 0.309 e. The molecule has 0 radical (unpaired) electrons. The Labute approximate surface area is 93.4 Å². The summed E-state index contributed by atoms with van der Waals surface area (Å²) in [7, 11) is 0. The van der Waals surface area contributed by atoms with E-state index in [4.69, 9.17) is 4.74 Å². The first-order valence-electron chi connectivity index (χ1n) is 6.02. The first kappa shape index (κ1) is 12.5. The van der Waals surface area contributed by atoms with E-state index < -0.39 is 0 Å². The van der Waals surface area contributed by atoms with Crippen molar-refractivity contribution in [2.45, 2.75) is 59.5 Å². The predicted octanol–water partition coefficient (Wildman–Crippen LogP) is 3.40. The van der Waals surface area contributed by atoms with Crippen LogP contribution in [0.4, 0.5) is 0 Å². The van der Waals surface area contributed by atoms with E-state index in [0.717, 1.165) is 25.2 Å². The molecule has 0 aliphatic heterocycles. The third kappa shape index (κ3) is 3.84. The topological polar surface area (TPSA) is 26.3 Å². The van der Waals surface area contributed by atoms with E-state index in [-0.39, 0.29) is 17.5 Å². The van der Waals surface area contributed by atoms with Gasteiger partial charge in [0.2, 0.25) is 0 Å². The normalized spacial score (nSPS) is 32.5. The largest absolute Gasteiger partial charge is 0.460 e. The highest BCUT2D eigenvalue weighted by Gasteiger charge is 2.31. The van der Waals surface area contributed by atoms with Crippen LogP contribution in [-0.2, 0) is 9.53 Å². The molecule has 0 aromatic carbocycles. The zero-order valence-electron chi connectivity index (χ0n) is 10.7. The van der Waals surface area contributed by atoms with Crippen LogP contribution in [0, 0.1) is 17.8 Å². The van der Waals surface area contributed by atoms with Gasteiger partial charge in [-0.2, -0.15) is 0 Å². The number of hydrogen-bond donors (Lipinski definition) is 0. The minimum atomic E-state index is -0.344. The lowest BCUT2D eigenvalue weighted by Gasteiger charge is -2.32. The number of carbonyl (C=O) groups excluding carboxylic acids is 1. The number of hydrogen-bond acceptors (Lipinski definition) is 2. The highest BCUT2D eigenvalue weighted by molar-refractivity contribution is 5.73. The Kier molecular flexibility index (Phi) is 3.80. The number of rotatable bonds is 1. The third-order valence-electron chi connectivity index (χ3n) is 3.34. The number of esters is 1. The first-order valence-corrected chi connectivity index (χ1v) is 6.02. The van der Waals surface area contributed by atoms with Crippen molar-refractivity contribution in [2.24, 2.45) is 17.8 Å². The van der Waals surface area contributed by atoms with E-state index in [9.17, 15) is 4.79 Å². The lowest BCUT2D eigenvalue weighted by atomic mass is 9.76. The van der Waals surface area contributed by atoms with Crippen molar-refractivity contribution < 1.29 is 9.53 Å². The Morgan fingerprint density at radius 3 is 2.20 bits per heavy atom. The molecule has 1 saturated carbocycles. The van der Waals surface area contributed by atoms with E-state index >= 15 is 0 Å². The fraction of sp³-hybridized carbons (Fsp3) is 0.923. The van der Waals surface area contributed by atoms with Gasteiger partial charge < -0.3 is 4.74 Å². The van der Waals surface area contributed by atoms with Crippen molar-refractivity contribution in [1.29, 1.82) is 0 Å². The van der Waals surface area contributed by atoms with Gasteiger partial charge in [0.25, 0.3) is 0 Å². The Balaban J connectivity index is 2.48. The SMILES string of the molecule is CC1CC[C@@H](C(=O)OC(C)(C)C)C[C@@H]1C. The third-order valence-corrected chi connectivity index (χ3v) is 3.34. The van der Waals surface area contributed by atoms with Gasteiger partial charge in [0, 0.05) is 0 Å². The van der Waals surface area contributed by atoms with E-state index in [0.29, 0.717) is 5.92 Å². The van der Waals surface area contributed by atoms with Crippen LogP contribution >= 0.6 is 0 Å². The van der Waals surface area contributed by atoms with Crippen molar-refractivity contribution >= 4 is 5.97 Å². The predicted molar refractivity (Wildman–Crippen MR) is 61.5 cm³/mol. The second-order valence-electron chi connectivity index (χ2n) is 6.00. The molecule has 0 aromatic heterocycles. The van der Waals surface area contributed by atoms with Crippen molar-refractivity contribution in [3.05, 3.63) is 0 Å². The first-order chi connectivity index (χ1) is 6.79. The average Bonchev–Trinajstić information content (AvgIpc) is 2.06. The molecule has 0 spiro atoms. The zero-order valence-corrected chi connectivity index (χ0v) is 10.7. The van der Waals surface area contributed by atoms with Crippen molar-refractivity contribution in [3.8, 4) is 0 Å². The molecule has 1 aliphatic carbocycles. The standard InChI is InChI=1S/C13H24O2/c1-9-6-7-11(8-10(9)2)12(14)15-13(3,4)5/h9-11H,6-8H2,1-5H3/t9?,10-,11+/m0/s1. The van der Waals surface area contributed by atoms with E-state index in [2.05, 4.69) is 13.8 Å². The van der Waals surface area contributed by atoms with Crippen LogP contribution in [0.5, 0.6) is 0 Å². The quantitative estimate of drug-likeness (QED) is 0.623. The highest BCUT2D eigenvalue weighted by atomic mass is 16.6. The summed E-state index contributed by atoms with van der Waals surface area (Å²) in [5.41, 5.74) is -0.344. The van der Waals surface area contributed by atoms with Gasteiger partial charge in [-0.25, -0.2) is 0 Å². The molecule has 1 aliphatic rings. The smallest absolute Gasteiger partial charge is 0.309 e. The van der Waals surface area contributed by atoms with Crippen LogP contribution in [0.3, 0.4) is 0 Å². The molecule has 1 fully saturated rings. The molecule has 2 nitrogen and oxygen atoms in total. The molecular formula is C13H24O2. The minimum absolute atomic E-state index is 0.00116. The molecule has 3 atom stereocenters. The van der Waals surface area contributed by atoms with Crippen LogP contribution in [0.25, 0.3) is 0 Å². The monoisotopic (exact) mass is 212 g/mol. The molecule has 0 heterocycles. The van der Waals surface area contributed by atoms with E-state index in [1.165, 1.54) is 0 Å². The lowest BCUT2D eigenvalue weighted by molar-refractivity contribution is -0.162. The number of carbonyl (C=O) groups is 1. The second-order valence-corrected chi connectivity index (χ2v) is 6.00. The van der Waals surface area contributed by atoms with Gasteiger partial charge in [-0.15, -0.1) is 0 Å². The summed E-state index contributed by atoms with van der Waals surface area (Å²) < 4.78 is 5.42. The van der Waals surface area contributed by atoms with Crippen LogP contribution in [-0.4, -0.2) is 11.6 Å². The number of ether oxygens (including phenoxy) is 1. The van der Waals surface area contributed by atoms with E-state index in [1.54, 1.807) is 0 Å². The average molecular weight is 212 g/mol. The summed E-state index contributed by atoms with van der Waals surface area (Å²) in [5, 5.41) is 0. The summed E-state index contributed by atoms with van der Waals surface area (Å²) in [6, 6.07) is 0. The molecule has 0 bridgehead atoms. The Morgan fingerprint density at radius 2 is 1.73 bits per heavy atom. The van der Waals surface area contributed by atoms with Crippen LogP contribution in [0.1, 0.15) is 53.9 Å². The second kappa shape index (κ2) is 4.54. The molecule has 0 aromatic rings. The molecule has 0 amide bonds. The maximum absolute atomic E-state index is 11.8. The molecule has 0 N–H and O–H groups in total. The Hall–Kier alpha value is -0.530. The van der Waals surface area contributed by atoms with E-state index in [1.807, 2.05) is 20.8 Å². The summed E-state index contributed by atoms with van der Waals surface area (Å²) in [6.45, 7) is 10.3. The summed E-state index contributed by atoms with van der Waals surface area (Å²) >= 11 is 0. The van der Waals surface area contributed by atoms with Crippen molar-refractivity contribution in [2.75, 3.05) is 0 Å². The summed E-state index contributed by atoms with van der Waals surface area (Å²) in [4.78, 5) is 11.8. The van der Waals surface area contributed by atoms with Gasteiger partial charge in [0.1, 0.15) is 5.60 Å². The van der Waals surface area contributed by atoms with Gasteiger partial charge in [-0.05, 0) is 51.9 Å². The summed E-state index contributed by atoms with van der Waals surface area (Å²) in [5.74, 6) is 1.54. The van der Waals surface area contributed by atoms with Crippen LogP contribution in [0.2, 0.25) is 0 Å². The lowest BCUT2D eigenvalue weighted by Crippen LogP contribution is -2.32. The highest BCUT2D eigenvalue weighted by Crippen LogP contribution is 2.34. The molecule has 88 valence electrons. The zero-order chi connectivity index (χ0) is 11.6. The van der Waals surface area contributed by atoms with Gasteiger partial charge in [0.05, 0.1) is 5.92 Å². The van der Waals surface area contributed by atoms with Gasteiger partial charge in [-0.3, -0.25) is 4.79 Å². The minimum Gasteiger partial charge on any atom is -0.460 e. The van der Waals surface area contributed by atoms with Gasteiger partial charge in [0.15, 0.2) is 0 Å². The Morgan fingerprint density at radius 1 is 1.13 bits per heavy atom. The molecule has 15 heavy (non-hydrogen) atoms. The van der Waals surface area contributed by atoms with Crippen molar-refractivity contribution in [3.63, 3.8) is 0 Å². The fourth-order valence-corrected chi connectivity index (χ4v) is 2.15. The van der Waals surface area contributed by atoms with Gasteiger partial charge in [-0.1, -0.05) is 13.8 Å².